The zero-order valence-electron chi connectivity index (χ0n) is 11.2. The molecule has 20 heavy (non-hydrogen) atoms. The average molecular weight is 292 g/mol. The second-order valence-electron chi connectivity index (χ2n) is 4.43. The number of benzene rings is 1. The normalized spacial score (nSPS) is 10.5. The fourth-order valence-corrected chi connectivity index (χ4v) is 2.23. The molecule has 1 aromatic heterocycles. The molecule has 0 spiro atoms. The minimum atomic E-state index is -0.447. The van der Waals surface area contributed by atoms with Crippen LogP contribution in [0.1, 0.15) is 19.2 Å². The van der Waals surface area contributed by atoms with Crippen LogP contribution in [-0.2, 0) is 13.0 Å². The largest absolute Gasteiger partial charge is 0.383 e. The van der Waals surface area contributed by atoms with E-state index in [1.54, 1.807) is 16.7 Å². The molecule has 3 nitrogen and oxygen atoms in total. The fourth-order valence-electron chi connectivity index (χ4n) is 2.08. The molecule has 0 unspecified atom stereocenters. The lowest BCUT2D eigenvalue weighted by molar-refractivity contribution is 0.631. The molecule has 0 fully saturated rings. The number of halogens is 2. The van der Waals surface area contributed by atoms with E-state index >= 15 is 0 Å². The number of nitrogen functional groups attached to an aromatic ring is 1. The van der Waals surface area contributed by atoms with Crippen LogP contribution in [0.3, 0.4) is 0 Å². The predicted octanol–water partition coefficient (Wildman–Crippen LogP) is 3.51. The van der Waals surface area contributed by atoms with Crippen molar-refractivity contribution >= 4 is 17.4 Å². The number of nitrogens with zero attached hydrogens (tertiary/aromatic N) is 2. The SMILES string of the molecule is C#CCn1c(CCC)nc(-c2ccc(Cl)cc2F)c1N. The van der Waals surface area contributed by atoms with Gasteiger partial charge < -0.3 is 10.3 Å². The molecule has 0 aliphatic rings. The molecule has 2 aromatic rings. The maximum absolute atomic E-state index is 14.0. The summed E-state index contributed by atoms with van der Waals surface area (Å²) in [4.78, 5) is 4.44. The first-order valence-electron chi connectivity index (χ1n) is 6.32. The van der Waals surface area contributed by atoms with Crippen molar-refractivity contribution in [2.45, 2.75) is 26.3 Å². The van der Waals surface area contributed by atoms with Crippen LogP contribution in [0.5, 0.6) is 0 Å². The van der Waals surface area contributed by atoms with Crippen LogP contribution in [0.2, 0.25) is 5.02 Å². The first-order chi connectivity index (χ1) is 9.58. The summed E-state index contributed by atoms with van der Waals surface area (Å²) < 4.78 is 15.7. The van der Waals surface area contributed by atoms with E-state index in [9.17, 15) is 4.39 Å². The topological polar surface area (TPSA) is 43.8 Å². The van der Waals surface area contributed by atoms with Crippen molar-refractivity contribution in [1.29, 1.82) is 0 Å². The van der Waals surface area contributed by atoms with Gasteiger partial charge in [-0.25, -0.2) is 9.37 Å². The van der Waals surface area contributed by atoms with Gasteiger partial charge in [0.2, 0.25) is 0 Å². The van der Waals surface area contributed by atoms with Crippen molar-refractivity contribution in [2.75, 3.05) is 5.73 Å². The molecule has 0 aliphatic heterocycles. The number of anilines is 1. The van der Waals surface area contributed by atoms with E-state index < -0.39 is 5.82 Å². The lowest BCUT2D eigenvalue weighted by Crippen LogP contribution is -2.06. The molecule has 104 valence electrons. The zero-order valence-corrected chi connectivity index (χ0v) is 11.9. The van der Waals surface area contributed by atoms with Gasteiger partial charge in [0.15, 0.2) is 0 Å². The van der Waals surface area contributed by atoms with Crippen molar-refractivity contribution in [3.05, 3.63) is 34.9 Å². The Bertz CT molecular complexity index is 670. The molecule has 5 heteroatoms. The van der Waals surface area contributed by atoms with Crippen LogP contribution in [-0.4, -0.2) is 9.55 Å². The summed E-state index contributed by atoms with van der Waals surface area (Å²) in [6.07, 6.45) is 6.99. The fraction of sp³-hybridized carbons (Fsp3) is 0.267. The number of hydrogen-bond acceptors (Lipinski definition) is 2. The monoisotopic (exact) mass is 291 g/mol. The Morgan fingerprint density at radius 3 is 2.85 bits per heavy atom. The van der Waals surface area contributed by atoms with Gasteiger partial charge in [-0.3, -0.25) is 0 Å². The van der Waals surface area contributed by atoms with Crippen LogP contribution in [0.15, 0.2) is 18.2 Å². The number of terminal acetylenes is 1. The second kappa shape index (κ2) is 5.98. The van der Waals surface area contributed by atoms with Gasteiger partial charge in [-0.1, -0.05) is 24.4 Å². The summed E-state index contributed by atoms with van der Waals surface area (Å²) in [5.41, 5.74) is 6.81. The number of nitrogens with two attached hydrogens (primary N) is 1. The zero-order chi connectivity index (χ0) is 14.7. The number of imidazole rings is 1. The first-order valence-corrected chi connectivity index (χ1v) is 6.70. The summed E-state index contributed by atoms with van der Waals surface area (Å²) >= 11 is 5.76. The van der Waals surface area contributed by atoms with Gasteiger partial charge in [-0.15, -0.1) is 6.42 Å². The van der Waals surface area contributed by atoms with E-state index in [0.717, 1.165) is 18.7 Å². The van der Waals surface area contributed by atoms with Gasteiger partial charge in [-0.05, 0) is 24.6 Å². The molecule has 0 saturated carbocycles. The van der Waals surface area contributed by atoms with Gasteiger partial charge in [0.25, 0.3) is 0 Å². The Morgan fingerprint density at radius 1 is 1.50 bits per heavy atom. The Morgan fingerprint density at radius 2 is 2.25 bits per heavy atom. The van der Waals surface area contributed by atoms with Crippen molar-refractivity contribution in [2.24, 2.45) is 0 Å². The predicted molar refractivity (Wildman–Crippen MR) is 79.9 cm³/mol. The van der Waals surface area contributed by atoms with Crippen LogP contribution in [0.4, 0.5) is 10.2 Å². The quantitative estimate of drug-likeness (QED) is 0.876. The Hall–Kier alpha value is -1.99. The highest BCUT2D eigenvalue weighted by Gasteiger charge is 2.18. The van der Waals surface area contributed by atoms with E-state index in [-0.39, 0.29) is 0 Å². The van der Waals surface area contributed by atoms with E-state index in [1.807, 2.05) is 6.92 Å². The molecule has 0 atom stereocenters. The van der Waals surface area contributed by atoms with Crippen molar-refractivity contribution in [3.8, 4) is 23.6 Å². The van der Waals surface area contributed by atoms with E-state index in [4.69, 9.17) is 23.8 Å². The highest BCUT2D eigenvalue weighted by molar-refractivity contribution is 6.30. The third kappa shape index (κ3) is 2.63. The summed E-state index contributed by atoms with van der Waals surface area (Å²) in [6, 6.07) is 4.43. The molecule has 0 aliphatic carbocycles. The summed E-state index contributed by atoms with van der Waals surface area (Å²) in [6.45, 7) is 2.36. The van der Waals surface area contributed by atoms with Gasteiger partial charge in [-0.2, -0.15) is 0 Å². The van der Waals surface area contributed by atoms with Crippen LogP contribution in [0, 0.1) is 18.2 Å². The molecular formula is C15H15ClFN3. The lowest BCUT2D eigenvalue weighted by atomic mass is 10.1. The maximum Gasteiger partial charge on any atom is 0.134 e. The molecule has 1 heterocycles. The van der Waals surface area contributed by atoms with Crippen molar-refractivity contribution < 1.29 is 4.39 Å². The average Bonchev–Trinajstić information content (AvgIpc) is 2.69. The number of rotatable bonds is 4. The van der Waals surface area contributed by atoms with E-state index in [0.29, 0.717) is 28.6 Å². The minimum absolute atomic E-state index is 0.323. The maximum atomic E-state index is 14.0. The molecule has 0 radical (unpaired) electrons. The van der Waals surface area contributed by atoms with E-state index in [2.05, 4.69) is 10.9 Å². The minimum Gasteiger partial charge on any atom is -0.383 e. The standard InChI is InChI=1S/C15H15ClFN3/c1-3-5-13-19-14(15(18)20(13)8-4-2)11-7-6-10(16)9-12(11)17/h2,6-7,9H,3,5,8,18H2,1H3. The van der Waals surface area contributed by atoms with Gasteiger partial charge in [0.05, 0.1) is 6.54 Å². The number of aromatic nitrogens is 2. The van der Waals surface area contributed by atoms with E-state index in [1.165, 1.54) is 6.07 Å². The first kappa shape index (κ1) is 14.4. The highest BCUT2D eigenvalue weighted by atomic mass is 35.5. The van der Waals surface area contributed by atoms with Crippen molar-refractivity contribution in [1.82, 2.24) is 9.55 Å². The Kier molecular flexibility index (Phi) is 4.31. The second-order valence-corrected chi connectivity index (χ2v) is 4.86. The van der Waals surface area contributed by atoms with Crippen LogP contribution in [0.25, 0.3) is 11.3 Å². The number of hydrogen-bond donors (Lipinski definition) is 1. The van der Waals surface area contributed by atoms with Crippen molar-refractivity contribution in [3.63, 3.8) is 0 Å². The Balaban J connectivity index is 2.57. The molecular weight excluding hydrogens is 277 g/mol. The van der Waals surface area contributed by atoms with Gasteiger partial charge in [0, 0.05) is 17.0 Å². The van der Waals surface area contributed by atoms with Crippen LogP contribution >= 0.6 is 11.6 Å². The molecule has 0 amide bonds. The lowest BCUT2D eigenvalue weighted by Gasteiger charge is -2.05. The molecule has 0 saturated heterocycles. The molecule has 1 aromatic carbocycles. The third-order valence-electron chi connectivity index (χ3n) is 3.00. The Labute approximate surface area is 122 Å². The van der Waals surface area contributed by atoms with Crippen LogP contribution < -0.4 is 5.73 Å². The summed E-state index contributed by atoms with van der Waals surface area (Å²) in [5, 5.41) is 0.335. The molecule has 0 bridgehead atoms. The van der Waals surface area contributed by atoms with Gasteiger partial charge >= 0.3 is 0 Å². The highest BCUT2D eigenvalue weighted by Crippen LogP contribution is 2.30. The number of aryl methyl sites for hydroxylation is 1. The smallest absolute Gasteiger partial charge is 0.134 e. The summed E-state index contributed by atoms with van der Waals surface area (Å²) in [5.74, 6) is 3.25. The summed E-state index contributed by atoms with van der Waals surface area (Å²) in [7, 11) is 0. The molecule has 2 N–H and O–H groups in total. The third-order valence-corrected chi connectivity index (χ3v) is 3.23. The van der Waals surface area contributed by atoms with Gasteiger partial charge in [0.1, 0.15) is 23.2 Å². The molecule has 2 rings (SSSR count).